The summed E-state index contributed by atoms with van der Waals surface area (Å²) in [5, 5.41) is 4.69. The van der Waals surface area contributed by atoms with E-state index in [4.69, 9.17) is 0 Å². The van der Waals surface area contributed by atoms with Crippen molar-refractivity contribution in [2.24, 2.45) is 0 Å². The van der Waals surface area contributed by atoms with Crippen LogP contribution in [-0.4, -0.2) is 27.0 Å². The molecule has 2 heterocycles. The summed E-state index contributed by atoms with van der Waals surface area (Å²) in [6.07, 6.45) is 5.03. The van der Waals surface area contributed by atoms with Crippen molar-refractivity contribution < 1.29 is 0 Å². The molecule has 5 nitrogen and oxygen atoms in total. The van der Waals surface area contributed by atoms with Crippen molar-refractivity contribution in [3.8, 4) is 0 Å². The zero-order valence-electron chi connectivity index (χ0n) is 9.01. The minimum Gasteiger partial charge on any atom is -0.357 e. The van der Waals surface area contributed by atoms with E-state index in [2.05, 4.69) is 25.3 Å². The fourth-order valence-corrected chi connectivity index (χ4v) is 1.86. The number of anilines is 1. The third-order valence-electron chi connectivity index (χ3n) is 1.90. The molecule has 0 atom stereocenters. The standard InChI is InChI=1S/C10H11N5S/c1-7-5-13-10(11-2)15-9(7)16-8-3-4-12-6-14-8/h3-6H,1-2H3,(H,11,13,15). The van der Waals surface area contributed by atoms with Crippen molar-refractivity contribution in [2.45, 2.75) is 17.0 Å². The van der Waals surface area contributed by atoms with E-state index in [1.165, 1.54) is 18.1 Å². The van der Waals surface area contributed by atoms with Gasteiger partial charge in [-0.1, -0.05) is 0 Å². The summed E-state index contributed by atoms with van der Waals surface area (Å²) in [6.45, 7) is 1.98. The van der Waals surface area contributed by atoms with E-state index in [0.717, 1.165) is 15.6 Å². The van der Waals surface area contributed by atoms with Crippen molar-refractivity contribution >= 4 is 17.7 Å². The lowest BCUT2D eigenvalue weighted by Crippen LogP contribution is -1.98. The highest BCUT2D eigenvalue weighted by Crippen LogP contribution is 2.26. The smallest absolute Gasteiger partial charge is 0.223 e. The van der Waals surface area contributed by atoms with Crippen LogP contribution in [0.25, 0.3) is 0 Å². The monoisotopic (exact) mass is 233 g/mol. The van der Waals surface area contributed by atoms with Crippen LogP contribution in [-0.2, 0) is 0 Å². The van der Waals surface area contributed by atoms with Crippen LogP contribution in [0.3, 0.4) is 0 Å². The molecular formula is C10H11N5S. The molecule has 0 saturated heterocycles. The second kappa shape index (κ2) is 4.89. The Morgan fingerprint density at radius 3 is 2.88 bits per heavy atom. The Bertz CT molecular complexity index is 474. The second-order valence-corrected chi connectivity index (χ2v) is 4.09. The highest BCUT2D eigenvalue weighted by atomic mass is 32.2. The minimum atomic E-state index is 0.613. The van der Waals surface area contributed by atoms with Crippen LogP contribution in [0.2, 0.25) is 0 Å². The number of aromatic nitrogens is 4. The van der Waals surface area contributed by atoms with Gasteiger partial charge in [-0.2, -0.15) is 0 Å². The van der Waals surface area contributed by atoms with Crippen molar-refractivity contribution in [2.75, 3.05) is 12.4 Å². The topological polar surface area (TPSA) is 63.6 Å². The van der Waals surface area contributed by atoms with Gasteiger partial charge in [-0.3, -0.25) is 0 Å². The van der Waals surface area contributed by atoms with Gasteiger partial charge in [0.15, 0.2) is 0 Å². The molecule has 0 amide bonds. The summed E-state index contributed by atoms with van der Waals surface area (Å²) in [6, 6.07) is 1.85. The summed E-state index contributed by atoms with van der Waals surface area (Å²) in [5.41, 5.74) is 1.03. The first kappa shape index (κ1) is 10.8. The number of aryl methyl sites for hydroxylation is 1. The molecule has 2 aromatic rings. The van der Waals surface area contributed by atoms with Gasteiger partial charge >= 0.3 is 0 Å². The Kier molecular flexibility index (Phi) is 3.31. The lowest BCUT2D eigenvalue weighted by Gasteiger charge is -2.05. The molecule has 0 fully saturated rings. The predicted molar refractivity (Wildman–Crippen MR) is 62.5 cm³/mol. The van der Waals surface area contributed by atoms with Gasteiger partial charge in [0.05, 0.1) is 0 Å². The number of hydrogen-bond donors (Lipinski definition) is 1. The largest absolute Gasteiger partial charge is 0.357 e. The molecule has 1 N–H and O–H groups in total. The van der Waals surface area contributed by atoms with Crippen molar-refractivity contribution in [3.05, 3.63) is 30.4 Å². The summed E-state index contributed by atoms with van der Waals surface area (Å²) in [7, 11) is 1.80. The van der Waals surface area contributed by atoms with Crippen LogP contribution < -0.4 is 5.32 Å². The molecule has 0 aliphatic heterocycles. The average Bonchev–Trinajstić information content (AvgIpc) is 2.33. The summed E-state index contributed by atoms with van der Waals surface area (Å²) >= 11 is 1.50. The first-order valence-electron chi connectivity index (χ1n) is 4.75. The van der Waals surface area contributed by atoms with Crippen LogP contribution in [0.4, 0.5) is 5.95 Å². The quantitative estimate of drug-likeness (QED) is 0.815. The number of rotatable bonds is 3. The molecule has 0 aromatic carbocycles. The van der Waals surface area contributed by atoms with E-state index in [-0.39, 0.29) is 0 Å². The molecule has 0 spiro atoms. The Hall–Kier alpha value is -1.69. The molecule has 0 aliphatic rings. The normalized spacial score (nSPS) is 10.1. The second-order valence-electron chi connectivity index (χ2n) is 3.08. The number of hydrogen-bond acceptors (Lipinski definition) is 6. The molecule has 0 aliphatic carbocycles. The van der Waals surface area contributed by atoms with Gasteiger partial charge in [-0.15, -0.1) is 0 Å². The van der Waals surface area contributed by atoms with Crippen LogP contribution in [0.1, 0.15) is 5.56 Å². The fourth-order valence-electron chi connectivity index (χ4n) is 1.09. The van der Waals surface area contributed by atoms with Gasteiger partial charge in [0.2, 0.25) is 5.95 Å². The molecule has 82 valence electrons. The van der Waals surface area contributed by atoms with Crippen LogP contribution in [0, 0.1) is 6.92 Å². The van der Waals surface area contributed by atoms with Gasteiger partial charge in [-0.25, -0.2) is 19.9 Å². The fraction of sp³-hybridized carbons (Fsp3) is 0.200. The summed E-state index contributed by atoms with van der Waals surface area (Å²) in [5.74, 6) is 0.613. The molecule has 0 bridgehead atoms. The van der Waals surface area contributed by atoms with Gasteiger partial charge in [0.25, 0.3) is 0 Å². The summed E-state index contributed by atoms with van der Waals surface area (Å²) in [4.78, 5) is 16.5. The number of nitrogens with zero attached hydrogens (tertiary/aromatic N) is 4. The van der Waals surface area contributed by atoms with Gasteiger partial charge < -0.3 is 5.32 Å². The van der Waals surface area contributed by atoms with E-state index in [1.54, 1.807) is 19.4 Å². The predicted octanol–water partition coefficient (Wildman–Crippen LogP) is 1.77. The van der Waals surface area contributed by atoms with Crippen molar-refractivity contribution in [3.63, 3.8) is 0 Å². The number of nitrogens with one attached hydrogen (secondary N) is 1. The molecule has 16 heavy (non-hydrogen) atoms. The maximum absolute atomic E-state index is 4.37. The van der Waals surface area contributed by atoms with E-state index >= 15 is 0 Å². The Balaban J connectivity index is 2.27. The zero-order chi connectivity index (χ0) is 11.4. The van der Waals surface area contributed by atoms with E-state index in [1.807, 2.05) is 13.0 Å². The van der Waals surface area contributed by atoms with Gasteiger partial charge in [-0.05, 0) is 24.8 Å². The highest BCUT2D eigenvalue weighted by Gasteiger charge is 2.05. The SMILES string of the molecule is CNc1ncc(C)c(Sc2ccncn2)n1. The Morgan fingerprint density at radius 2 is 2.19 bits per heavy atom. The van der Waals surface area contributed by atoms with E-state index in [9.17, 15) is 0 Å². The van der Waals surface area contributed by atoms with Crippen molar-refractivity contribution in [1.29, 1.82) is 0 Å². The van der Waals surface area contributed by atoms with Gasteiger partial charge in [0, 0.05) is 25.0 Å². The first-order chi connectivity index (χ1) is 7.79. The lowest BCUT2D eigenvalue weighted by molar-refractivity contribution is 0.990. The van der Waals surface area contributed by atoms with E-state index < -0.39 is 0 Å². The average molecular weight is 233 g/mol. The molecule has 2 rings (SSSR count). The van der Waals surface area contributed by atoms with Crippen molar-refractivity contribution in [1.82, 2.24) is 19.9 Å². The maximum Gasteiger partial charge on any atom is 0.223 e. The van der Waals surface area contributed by atoms with Crippen LogP contribution in [0.15, 0.2) is 34.8 Å². The van der Waals surface area contributed by atoms with E-state index in [0.29, 0.717) is 5.95 Å². The molecule has 0 saturated carbocycles. The maximum atomic E-state index is 4.37. The molecule has 2 aromatic heterocycles. The van der Waals surface area contributed by atoms with Crippen LogP contribution >= 0.6 is 11.8 Å². The molecule has 6 heteroatoms. The van der Waals surface area contributed by atoms with Crippen LogP contribution in [0.5, 0.6) is 0 Å². The summed E-state index contributed by atoms with van der Waals surface area (Å²) < 4.78 is 0. The molecule has 0 unspecified atom stereocenters. The molecular weight excluding hydrogens is 222 g/mol. The lowest BCUT2D eigenvalue weighted by atomic mass is 10.4. The van der Waals surface area contributed by atoms with Gasteiger partial charge in [0.1, 0.15) is 16.4 Å². The Labute approximate surface area is 97.8 Å². The highest BCUT2D eigenvalue weighted by molar-refractivity contribution is 7.99. The Morgan fingerprint density at radius 1 is 1.31 bits per heavy atom. The third-order valence-corrected chi connectivity index (χ3v) is 2.96. The zero-order valence-corrected chi connectivity index (χ0v) is 9.82. The first-order valence-corrected chi connectivity index (χ1v) is 5.56. The third kappa shape index (κ3) is 2.46. The minimum absolute atomic E-state index is 0.613. The molecule has 0 radical (unpaired) electrons.